The van der Waals surface area contributed by atoms with Gasteiger partial charge in [-0.05, 0) is 31.9 Å². The zero-order chi connectivity index (χ0) is 20.0. The molecule has 8 heteroatoms. The molecule has 1 aromatic carbocycles. The number of esters is 1. The van der Waals surface area contributed by atoms with Crippen LogP contribution in [0.25, 0.3) is 10.9 Å². The van der Waals surface area contributed by atoms with Gasteiger partial charge in [0, 0.05) is 29.9 Å². The molecule has 0 unspecified atom stereocenters. The van der Waals surface area contributed by atoms with E-state index in [-0.39, 0.29) is 25.4 Å². The molecule has 0 fully saturated rings. The van der Waals surface area contributed by atoms with Gasteiger partial charge < -0.3 is 25.9 Å². The number of nitrogens with two attached hydrogens (primary N) is 1. The monoisotopic (exact) mass is 375 g/mol. The molecule has 2 rings (SSSR count). The number of carboxylic acids is 1. The van der Waals surface area contributed by atoms with Gasteiger partial charge in [0.15, 0.2) is 0 Å². The maximum atomic E-state index is 12.1. The van der Waals surface area contributed by atoms with Crippen LogP contribution in [0.1, 0.15) is 32.3 Å². The van der Waals surface area contributed by atoms with Crippen LogP contribution >= 0.6 is 0 Å². The SMILES string of the molecule is CC(C)OC(=O)[C@H](N)CCC(=O)N[C@H](Cc1c[nH]c2ccccc12)C(=O)O. The largest absolute Gasteiger partial charge is 0.480 e. The summed E-state index contributed by atoms with van der Waals surface area (Å²) in [6, 6.07) is 5.54. The molecule has 0 aliphatic rings. The number of hydrogen-bond donors (Lipinski definition) is 4. The van der Waals surface area contributed by atoms with E-state index in [1.54, 1.807) is 20.0 Å². The summed E-state index contributed by atoms with van der Waals surface area (Å²) in [7, 11) is 0. The van der Waals surface area contributed by atoms with E-state index in [2.05, 4.69) is 10.3 Å². The smallest absolute Gasteiger partial charge is 0.326 e. The number of carboxylic acid groups (broad SMARTS) is 1. The molecule has 8 nitrogen and oxygen atoms in total. The Morgan fingerprint density at radius 3 is 2.63 bits per heavy atom. The summed E-state index contributed by atoms with van der Waals surface area (Å²) in [4.78, 5) is 38.4. The quantitative estimate of drug-likeness (QED) is 0.489. The second-order valence-corrected chi connectivity index (χ2v) is 6.65. The molecular formula is C19H25N3O5. The molecular weight excluding hydrogens is 350 g/mol. The lowest BCUT2D eigenvalue weighted by atomic mass is 10.0. The third-order valence-electron chi connectivity index (χ3n) is 4.07. The van der Waals surface area contributed by atoms with Gasteiger partial charge in [0.2, 0.25) is 5.91 Å². The zero-order valence-electron chi connectivity index (χ0n) is 15.4. The maximum absolute atomic E-state index is 12.1. The Balaban J connectivity index is 1.93. The summed E-state index contributed by atoms with van der Waals surface area (Å²) in [5, 5.41) is 12.8. The van der Waals surface area contributed by atoms with Crippen molar-refractivity contribution in [3.63, 3.8) is 0 Å². The first-order valence-corrected chi connectivity index (χ1v) is 8.81. The summed E-state index contributed by atoms with van der Waals surface area (Å²) in [6.07, 6.45) is 1.62. The van der Waals surface area contributed by atoms with Crippen molar-refractivity contribution >= 4 is 28.7 Å². The number of fused-ring (bicyclic) bond motifs is 1. The third kappa shape index (κ3) is 5.82. The van der Waals surface area contributed by atoms with Gasteiger partial charge in [-0.2, -0.15) is 0 Å². The molecule has 0 spiro atoms. The number of amides is 1. The highest BCUT2D eigenvalue weighted by atomic mass is 16.5. The highest BCUT2D eigenvalue weighted by Gasteiger charge is 2.23. The number of carbonyl (C=O) groups excluding carboxylic acids is 2. The molecule has 0 saturated carbocycles. The van der Waals surface area contributed by atoms with Crippen LogP contribution in [0.4, 0.5) is 0 Å². The molecule has 27 heavy (non-hydrogen) atoms. The average molecular weight is 375 g/mol. The van der Waals surface area contributed by atoms with Crippen molar-refractivity contribution in [1.82, 2.24) is 10.3 Å². The van der Waals surface area contributed by atoms with Gasteiger partial charge in [0.1, 0.15) is 12.1 Å². The highest BCUT2D eigenvalue weighted by Crippen LogP contribution is 2.19. The minimum atomic E-state index is -1.13. The molecule has 2 atom stereocenters. The number of para-hydroxylation sites is 1. The Morgan fingerprint density at radius 2 is 1.96 bits per heavy atom. The normalized spacial score (nSPS) is 13.3. The van der Waals surface area contributed by atoms with E-state index in [0.29, 0.717) is 0 Å². The van der Waals surface area contributed by atoms with Gasteiger partial charge in [0.05, 0.1) is 6.10 Å². The van der Waals surface area contributed by atoms with Crippen LogP contribution in [0.5, 0.6) is 0 Å². The van der Waals surface area contributed by atoms with E-state index >= 15 is 0 Å². The van der Waals surface area contributed by atoms with E-state index in [0.717, 1.165) is 16.5 Å². The van der Waals surface area contributed by atoms with E-state index in [1.165, 1.54) is 0 Å². The zero-order valence-corrected chi connectivity index (χ0v) is 15.4. The van der Waals surface area contributed by atoms with Crippen LogP contribution < -0.4 is 11.1 Å². The Bertz CT molecular complexity index is 815. The number of rotatable bonds is 9. The molecule has 1 amide bonds. The standard InChI is InChI=1S/C19H25N3O5/c1-11(2)27-19(26)14(20)7-8-17(23)22-16(18(24)25)9-12-10-21-15-6-4-3-5-13(12)15/h3-6,10-11,14,16,21H,7-9,20H2,1-2H3,(H,22,23)(H,24,25)/t14-,16-/m1/s1. The van der Waals surface area contributed by atoms with Gasteiger partial charge in [-0.25, -0.2) is 4.79 Å². The second-order valence-electron chi connectivity index (χ2n) is 6.65. The second kappa shape index (κ2) is 9.18. The number of benzene rings is 1. The first kappa shape index (κ1) is 20.4. The van der Waals surface area contributed by atoms with E-state index in [9.17, 15) is 19.5 Å². The number of H-pyrrole nitrogens is 1. The number of aromatic amines is 1. The average Bonchev–Trinajstić information content (AvgIpc) is 3.01. The summed E-state index contributed by atoms with van der Waals surface area (Å²) in [5.74, 6) is -2.18. The highest BCUT2D eigenvalue weighted by molar-refractivity contribution is 5.87. The maximum Gasteiger partial charge on any atom is 0.326 e. The predicted molar refractivity (Wildman–Crippen MR) is 100 cm³/mol. The molecule has 0 aliphatic carbocycles. The van der Waals surface area contributed by atoms with Gasteiger partial charge >= 0.3 is 11.9 Å². The van der Waals surface area contributed by atoms with Crippen molar-refractivity contribution < 1.29 is 24.2 Å². The number of hydrogen-bond acceptors (Lipinski definition) is 5. The predicted octanol–water partition coefficient (Wildman–Crippen LogP) is 1.34. The van der Waals surface area contributed by atoms with Gasteiger partial charge in [-0.15, -0.1) is 0 Å². The minimum absolute atomic E-state index is 0.0635. The van der Waals surface area contributed by atoms with Crippen molar-refractivity contribution in [2.75, 3.05) is 0 Å². The summed E-state index contributed by atoms with van der Waals surface area (Å²) in [5.41, 5.74) is 7.40. The molecule has 0 radical (unpaired) electrons. The van der Waals surface area contributed by atoms with E-state index in [4.69, 9.17) is 10.5 Å². The van der Waals surface area contributed by atoms with Crippen LogP contribution in [0.15, 0.2) is 30.5 Å². The van der Waals surface area contributed by atoms with Gasteiger partial charge in [-0.1, -0.05) is 18.2 Å². The fourth-order valence-corrected chi connectivity index (χ4v) is 2.71. The van der Waals surface area contributed by atoms with Gasteiger partial charge in [-0.3, -0.25) is 9.59 Å². The topological polar surface area (TPSA) is 135 Å². The number of nitrogens with one attached hydrogen (secondary N) is 2. The van der Waals surface area contributed by atoms with Crippen molar-refractivity contribution in [3.8, 4) is 0 Å². The minimum Gasteiger partial charge on any atom is -0.480 e. The fraction of sp³-hybridized carbons (Fsp3) is 0.421. The lowest BCUT2D eigenvalue weighted by Gasteiger charge is -2.16. The van der Waals surface area contributed by atoms with E-state index in [1.807, 2.05) is 24.3 Å². The van der Waals surface area contributed by atoms with Crippen LogP contribution in [0.2, 0.25) is 0 Å². The Kier molecular flexibility index (Phi) is 6.95. The Hall–Kier alpha value is -2.87. The lowest BCUT2D eigenvalue weighted by molar-refractivity contribution is -0.149. The molecule has 0 bridgehead atoms. The van der Waals surface area contributed by atoms with Crippen molar-refractivity contribution in [2.45, 2.75) is 51.3 Å². The number of carbonyl (C=O) groups is 3. The summed E-state index contributed by atoms with van der Waals surface area (Å²) < 4.78 is 4.98. The molecule has 1 aromatic heterocycles. The van der Waals surface area contributed by atoms with Crippen LogP contribution in [0.3, 0.4) is 0 Å². The summed E-state index contributed by atoms with van der Waals surface area (Å²) in [6.45, 7) is 3.42. The van der Waals surface area contributed by atoms with Crippen LogP contribution in [0, 0.1) is 0 Å². The third-order valence-corrected chi connectivity index (χ3v) is 4.07. The molecule has 0 saturated heterocycles. The molecule has 5 N–H and O–H groups in total. The molecule has 0 aliphatic heterocycles. The van der Waals surface area contributed by atoms with Crippen molar-refractivity contribution in [3.05, 3.63) is 36.0 Å². The number of ether oxygens (including phenoxy) is 1. The van der Waals surface area contributed by atoms with Crippen molar-refractivity contribution in [2.24, 2.45) is 5.73 Å². The van der Waals surface area contributed by atoms with Crippen LogP contribution in [-0.4, -0.2) is 46.1 Å². The van der Waals surface area contributed by atoms with Gasteiger partial charge in [0.25, 0.3) is 0 Å². The molecule has 2 aromatic rings. The first-order valence-electron chi connectivity index (χ1n) is 8.81. The van der Waals surface area contributed by atoms with Crippen molar-refractivity contribution in [1.29, 1.82) is 0 Å². The first-order chi connectivity index (χ1) is 12.8. The number of aliphatic carboxylic acids is 1. The van der Waals surface area contributed by atoms with Crippen LogP contribution in [-0.2, 0) is 25.5 Å². The number of aromatic nitrogens is 1. The summed E-state index contributed by atoms with van der Waals surface area (Å²) >= 11 is 0. The Labute approximate surface area is 157 Å². The fourth-order valence-electron chi connectivity index (χ4n) is 2.71. The Morgan fingerprint density at radius 1 is 1.26 bits per heavy atom. The molecule has 146 valence electrons. The van der Waals surface area contributed by atoms with E-state index < -0.39 is 29.9 Å². The lowest BCUT2D eigenvalue weighted by Crippen LogP contribution is -2.43. The molecule has 1 heterocycles.